The molecule has 1 N–H and O–H groups in total. The SMILES string of the molecule is C=CC(=O)N1CCC[C@@H](n2c(NC(=O)c3cccc(C(F)(F)F)c3)nc3cc(COCCOC)ccc32)C1. The number of nitrogens with one attached hydrogen (secondary N) is 1. The molecule has 1 saturated heterocycles. The lowest BCUT2D eigenvalue weighted by Crippen LogP contribution is -2.40. The van der Waals surface area contributed by atoms with Gasteiger partial charge in [-0.3, -0.25) is 14.9 Å². The minimum atomic E-state index is -4.57. The highest BCUT2D eigenvalue weighted by atomic mass is 19.4. The van der Waals surface area contributed by atoms with Crippen molar-refractivity contribution in [2.45, 2.75) is 31.7 Å². The normalized spacial score (nSPS) is 16.0. The topological polar surface area (TPSA) is 85.7 Å². The van der Waals surface area contributed by atoms with Crippen molar-refractivity contribution in [3.05, 3.63) is 71.8 Å². The Balaban J connectivity index is 1.68. The van der Waals surface area contributed by atoms with Gasteiger partial charge in [0.25, 0.3) is 5.91 Å². The standard InChI is InChI=1S/C27H29F3N4O4/c1-3-24(35)33-11-5-8-21(16-33)34-23-10-9-18(17-38-13-12-37-2)14-22(23)31-26(34)32-25(36)19-6-4-7-20(15-19)27(28,29)30/h3-4,6-7,9-10,14-15,21H,1,5,8,11-13,16-17H2,2H3,(H,31,32,36)/t21-/m1/s1. The quantitative estimate of drug-likeness (QED) is 0.317. The van der Waals surface area contributed by atoms with Crippen molar-refractivity contribution in [2.24, 2.45) is 0 Å². The maximum absolute atomic E-state index is 13.2. The van der Waals surface area contributed by atoms with E-state index in [1.165, 1.54) is 18.2 Å². The molecule has 0 aliphatic carbocycles. The number of nitrogens with zero attached hydrogens (tertiary/aromatic N) is 3. The second-order valence-corrected chi connectivity index (χ2v) is 8.99. The molecule has 1 aliphatic heterocycles. The number of ether oxygens (including phenoxy) is 2. The Morgan fingerprint density at radius 2 is 2.03 bits per heavy atom. The van der Waals surface area contributed by atoms with Crippen molar-refractivity contribution < 1.29 is 32.2 Å². The molecule has 0 spiro atoms. The summed E-state index contributed by atoms with van der Waals surface area (Å²) in [5, 5.41) is 2.70. The number of methoxy groups -OCH3 is 1. The van der Waals surface area contributed by atoms with Crippen LogP contribution >= 0.6 is 0 Å². The highest BCUT2D eigenvalue weighted by molar-refractivity contribution is 6.04. The molecule has 11 heteroatoms. The monoisotopic (exact) mass is 530 g/mol. The van der Waals surface area contributed by atoms with Crippen LogP contribution in [0.25, 0.3) is 11.0 Å². The first-order valence-corrected chi connectivity index (χ1v) is 12.2. The molecular weight excluding hydrogens is 501 g/mol. The Kier molecular flexibility index (Phi) is 8.48. The van der Waals surface area contributed by atoms with Gasteiger partial charge >= 0.3 is 6.18 Å². The lowest BCUT2D eigenvalue weighted by molar-refractivity contribution is -0.137. The van der Waals surface area contributed by atoms with Gasteiger partial charge in [0.15, 0.2) is 0 Å². The number of hydrogen-bond donors (Lipinski definition) is 1. The Morgan fingerprint density at radius 1 is 1.21 bits per heavy atom. The molecule has 0 radical (unpaired) electrons. The van der Waals surface area contributed by atoms with Crippen molar-refractivity contribution in [3.8, 4) is 0 Å². The lowest BCUT2D eigenvalue weighted by Gasteiger charge is -2.33. The third-order valence-corrected chi connectivity index (χ3v) is 6.38. The maximum atomic E-state index is 13.2. The number of likely N-dealkylation sites (tertiary alicyclic amines) is 1. The van der Waals surface area contributed by atoms with Gasteiger partial charge in [0, 0.05) is 25.8 Å². The summed E-state index contributed by atoms with van der Waals surface area (Å²) in [4.78, 5) is 31.7. The molecule has 2 aromatic carbocycles. The van der Waals surface area contributed by atoms with Crippen LogP contribution in [0.3, 0.4) is 0 Å². The van der Waals surface area contributed by atoms with Crippen LogP contribution in [0.1, 0.15) is 40.4 Å². The zero-order valence-electron chi connectivity index (χ0n) is 21.0. The first-order valence-electron chi connectivity index (χ1n) is 12.2. The summed E-state index contributed by atoms with van der Waals surface area (Å²) in [5.74, 6) is -0.715. The Labute approximate surface area is 218 Å². The number of hydrogen-bond acceptors (Lipinski definition) is 5. The summed E-state index contributed by atoms with van der Waals surface area (Å²) in [6.07, 6.45) is -1.86. The first-order chi connectivity index (χ1) is 18.2. The Hall–Kier alpha value is -3.70. The number of halogens is 3. The number of amides is 2. The van der Waals surface area contributed by atoms with Gasteiger partial charge < -0.3 is 18.9 Å². The number of imidazole rings is 1. The van der Waals surface area contributed by atoms with Crippen molar-refractivity contribution in [2.75, 3.05) is 38.7 Å². The number of fused-ring (bicyclic) bond motifs is 1. The van der Waals surface area contributed by atoms with Crippen LogP contribution < -0.4 is 5.32 Å². The zero-order valence-corrected chi connectivity index (χ0v) is 21.0. The maximum Gasteiger partial charge on any atom is 0.416 e. The number of benzene rings is 2. The Bertz CT molecular complexity index is 1320. The lowest BCUT2D eigenvalue weighted by atomic mass is 10.0. The molecule has 202 valence electrons. The minimum Gasteiger partial charge on any atom is -0.382 e. The van der Waals surface area contributed by atoms with E-state index >= 15 is 0 Å². The molecule has 0 unspecified atom stereocenters. The summed E-state index contributed by atoms with van der Waals surface area (Å²) >= 11 is 0. The second kappa shape index (κ2) is 11.8. The molecule has 2 amide bonds. The fourth-order valence-electron chi connectivity index (χ4n) is 4.53. The summed E-state index contributed by atoms with van der Waals surface area (Å²) < 4.78 is 52.0. The van der Waals surface area contributed by atoms with Crippen LogP contribution in [0.5, 0.6) is 0 Å². The van der Waals surface area contributed by atoms with Crippen LogP contribution in [-0.2, 0) is 27.1 Å². The predicted molar refractivity (Wildman–Crippen MR) is 136 cm³/mol. The van der Waals surface area contributed by atoms with E-state index in [1.54, 1.807) is 12.0 Å². The molecule has 3 aromatic rings. The summed E-state index contributed by atoms with van der Waals surface area (Å²) in [6.45, 7) is 5.76. The number of carbonyl (C=O) groups excluding carboxylic acids is 2. The number of carbonyl (C=O) groups is 2. The fourth-order valence-corrected chi connectivity index (χ4v) is 4.53. The van der Waals surface area contributed by atoms with Gasteiger partial charge in [-0.15, -0.1) is 0 Å². The molecule has 2 heterocycles. The Morgan fingerprint density at radius 3 is 2.76 bits per heavy atom. The van der Waals surface area contributed by atoms with Crippen molar-refractivity contribution in [1.29, 1.82) is 0 Å². The number of piperidine rings is 1. The van der Waals surface area contributed by atoms with Crippen molar-refractivity contribution >= 4 is 28.8 Å². The van der Waals surface area contributed by atoms with Crippen molar-refractivity contribution in [1.82, 2.24) is 14.5 Å². The number of alkyl halides is 3. The summed E-state index contributed by atoms with van der Waals surface area (Å²) in [6, 6.07) is 9.62. The molecule has 0 bridgehead atoms. The zero-order chi connectivity index (χ0) is 27.3. The summed E-state index contributed by atoms with van der Waals surface area (Å²) in [7, 11) is 1.59. The number of rotatable bonds is 9. The molecule has 8 nitrogen and oxygen atoms in total. The van der Waals surface area contributed by atoms with Gasteiger partial charge in [-0.2, -0.15) is 13.2 Å². The van der Waals surface area contributed by atoms with Crippen molar-refractivity contribution in [3.63, 3.8) is 0 Å². The molecule has 4 rings (SSSR count). The van der Waals surface area contributed by atoms with E-state index in [0.717, 1.165) is 36.1 Å². The fraction of sp³-hybridized carbons (Fsp3) is 0.370. The third-order valence-electron chi connectivity index (χ3n) is 6.38. The van der Waals surface area contributed by atoms with E-state index in [0.29, 0.717) is 38.4 Å². The average Bonchev–Trinajstić information content (AvgIpc) is 3.27. The summed E-state index contributed by atoms with van der Waals surface area (Å²) in [5.41, 5.74) is 1.12. The van der Waals surface area contributed by atoms with Gasteiger partial charge in [0.2, 0.25) is 11.9 Å². The smallest absolute Gasteiger partial charge is 0.382 e. The highest BCUT2D eigenvalue weighted by Gasteiger charge is 2.31. The largest absolute Gasteiger partial charge is 0.416 e. The molecule has 1 aliphatic rings. The van der Waals surface area contributed by atoms with Crippen LogP contribution in [0.15, 0.2) is 55.1 Å². The van der Waals surface area contributed by atoms with Gasteiger partial charge in [-0.25, -0.2) is 4.98 Å². The van der Waals surface area contributed by atoms with E-state index in [1.807, 2.05) is 22.8 Å². The van der Waals surface area contributed by atoms with Gasteiger partial charge in [0.1, 0.15) is 0 Å². The van der Waals surface area contributed by atoms with Crippen LogP contribution in [0.4, 0.5) is 19.1 Å². The van der Waals surface area contributed by atoms with Crippen LogP contribution in [0.2, 0.25) is 0 Å². The van der Waals surface area contributed by atoms with Gasteiger partial charge in [0.05, 0.1) is 42.5 Å². The highest BCUT2D eigenvalue weighted by Crippen LogP contribution is 2.32. The first kappa shape index (κ1) is 27.3. The van der Waals surface area contributed by atoms with Gasteiger partial charge in [-0.1, -0.05) is 18.7 Å². The molecule has 1 fully saturated rings. The van der Waals surface area contributed by atoms with Crippen LogP contribution in [0, 0.1) is 0 Å². The van der Waals surface area contributed by atoms with E-state index in [4.69, 9.17) is 9.47 Å². The number of aromatic nitrogens is 2. The predicted octanol–water partition coefficient (Wildman–Crippen LogP) is 4.82. The number of anilines is 1. The van der Waals surface area contributed by atoms with E-state index in [2.05, 4.69) is 16.9 Å². The molecule has 1 atom stereocenters. The van der Waals surface area contributed by atoms with Crippen LogP contribution in [-0.4, -0.2) is 59.7 Å². The van der Waals surface area contributed by atoms with E-state index in [-0.39, 0.29) is 23.5 Å². The average molecular weight is 531 g/mol. The van der Waals surface area contributed by atoms with E-state index < -0.39 is 17.6 Å². The molecular formula is C27H29F3N4O4. The van der Waals surface area contributed by atoms with E-state index in [9.17, 15) is 22.8 Å². The minimum absolute atomic E-state index is 0.141. The second-order valence-electron chi connectivity index (χ2n) is 8.99. The molecule has 0 saturated carbocycles. The third kappa shape index (κ3) is 6.22. The molecule has 38 heavy (non-hydrogen) atoms. The van der Waals surface area contributed by atoms with Gasteiger partial charge in [-0.05, 0) is 54.8 Å². The molecule has 1 aromatic heterocycles.